The van der Waals surface area contributed by atoms with Crippen LogP contribution in [0.2, 0.25) is 0 Å². The Kier molecular flexibility index (Phi) is 12.2. The minimum Gasteiger partial charge on any atom is -0.481 e. The first kappa shape index (κ1) is 25.9. The van der Waals surface area contributed by atoms with E-state index in [9.17, 15) is 31.5 Å². The number of carbonyl (C=O) groups is 3. The standard InChI is InChI=1S/C12H14F2N2O3S2.C2HF3O2/c13-11(14)8-5-9(7-15-6-8)12(19)16-2-4-21-20-3-1-10(17)18;3-2(4,5)1(6)7/h5-7,11H,1-4H2,(H,16,19)(H,17,18);(H,6,7). The first-order valence-electron chi connectivity index (χ1n) is 7.22. The Balaban J connectivity index is 0.000000887. The molecule has 0 fully saturated rings. The number of amides is 1. The third kappa shape index (κ3) is 12.3. The number of aliphatic carboxylic acids is 2. The Morgan fingerprint density at radius 2 is 1.68 bits per heavy atom. The van der Waals surface area contributed by atoms with Crippen LogP contribution in [0, 0.1) is 0 Å². The van der Waals surface area contributed by atoms with Crippen LogP contribution in [0.15, 0.2) is 18.5 Å². The first-order valence-corrected chi connectivity index (χ1v) is 9.71. The van der Waals surface area contributed by atoms with Gasteiger partial charge in [0.25, 0.3) is 12.3 Å². The van der Waals surface area contributed by atoms with Crippen molar-refractivity contribution in [1.29, 1.82) is 0 Å². The molecule has 1 rings (SSSR count). The van der Waals surface area contributed by atoms with Crippen LogP contribution in [0.25, 0.3) is 0 Å². The lowest BCUT2D eigenvalue weighted by Gasteiger charge is -2.06. The van der Waals surface area contributed by atoms with E-state index in [1.165, 1.54) is 27.8 Å². The van der Waals surface area contributed by atoms with Crippen LogP contribution in [0.1, 0.15) is 28.8 Å². The van der Waals surface area contributed by atoms with Crippen LogP contribution < -0.4 is 5.32 Å². The topological polar surface area (TPSA) is 117 Å². The predicted octanol–water partition coefficient (Wildman–Crippen LogP) is 3.24. The van der Waals surface area contributed by atoms with Gasteiger partial charge in [0.05, 0.1) is 12.0 Å². The number of pyridine rings is 1. The van der Waals surface area contributed by atoms with Crippen molar-refractivity contribution in [3.05, 3.63) is 29.6 Å². The van der Waals surface area contributed by atoms with Crippen LogP contribution in [0.4, 0.5) is 22.0 Å². The van der Waals surface area contributed by atoms with E-state index in [0.29, 0.717) is 18.1 Å². The second-order valence-corrected chi connectivity index (χ2v) is 7.36. The lowest BCUT2D eigenvalue weighted by Crippen LogP contribution is -2.25. The van der Waals surface area contributed by atoms with Crippen molar-refractivity contribution in [3.63, 3.8) is 0 Å². The Morgan fingerprint density at radius 3 is 2.18 bits per heavy atom. The summed E-state index contributed by atoms with van der Waals surface area (Å²) in [6.45, 7) is 0.364. The van der Waals surface area contributed by atoms with Gasteiger partial charge in [-0.3, -0.25) is 14.6 Å². The monoisotopic (exact) mass is 450 g/mol. The molecule has 1 aromatic rings. The highest BCUT2D eigenvalue weighted by atomic mass is 33.1. The molecule has 0 unspecified atom stereocenters. The molecule has 0 radical (unpaired) electrons. The Bertz CT molecular complexity index is 661. The van der Waals surface area contributed by atoms with Crippen LogP contribution in [0.3, 0.4) is 0 Å². The number of carboxylic acids is 2. The van der Waals surface area contributed by atoms with Gasteiger partial charge in [-0.25, -0.2) is 13.6 Å². The van der Waals surface area contributed by atoms with Crippen LogP contribution in [-0.2, 0) is 9.59 Å². The van der Waals surface area contributed by atoms with Crippen molar-refractivity contribution >= 4 is 39.4 Å². The third-order valence-electron chi connectivity index (χ3n) is 2.47. The third-order valence-corrected chi connectivity index (χ3v) is 4.88. The van der Waals surface area contributed by atoms with Crippen molar-refractivity contribution in [2.45, 2.75) is 19.0 Å². The summed E-state index contributed by atoms with van der Waals surface area (Å²) in [5, 5.41) is 18.2. The molecule has 1 aromatic heterocycles. The Hall–Kier alpha value is -2.09. The van der Waals surface area contributed by atoms with E-state index in [1.54, 1.807) is 0 Å². The van der Waals surface area contributed by atoms with E-state index < -0.39 is 30.4 Å². The first-order chi connectivity index (χ1) is 12.9. The fourth-order valence-electron chi connectivity index (χ4n) is 1.26. The molecule has 0 aromatic carbocycles. The largest absolute Gasteiger partial charge is 0.490 e. The van der Waals surface area contributed by atoms with Gasteiger partial charge in [0.15, 0.2) is 0 Å². The summed E-state index contributed by atoms with van der Waals surface area (Å²) in [6, 6.07) is 1.11. The smallest absolute Gasteiger partial charge is 0.481 e. The predicted molar refractivity (Wildman–Crippen MR) is 92.4 cm³/mol. The summed E-state index contributed by atoms with van der Waals surface area (Å²) in [4.78, 5) is 34.5. The van der Waals surface area contributed by atoms with Gasteiger partial charge in [-0.15, -0.1) is 0 Å². The van der Waals surface area contributed by atoms with Gasteiger partial charge in [-0.05, 0) is 6.07 Å². The molecule has 1 heterocycles. The lowest BCUT2D eigenvalue weighted by molar-refractivity contribution is -0.192. The summed E-state index contributed by atoms with van der Waals surface area (Å²) in [5.41, 5.74) is -0.197. The maximum Gasteiger partial charge on any atom is 0.490 e. The zero-order chi connectivity index (χ0) is 21.7. The van der Waals surface area contributed by atoms with Crippen LogP contribution in [-0.4, -0.2) is 57.3 Å². The van der Waals surface area contributed by atoms with Crippen LogP contribution >= 0.6 is 21.6 Å². The lowest BCUT2D eigenvalue weighted by atomic mass is 10.2. The number of carbonyl (C=O) groups excluding carboxylic acids is 1. The molecule has 1 amide bonds. The highest BCUT2D eigenvalue weighted by molar-refractivity contribution is 8.76. The number of hydrogen-bond acceptors (Lipinski definition) is 6. The summed E-state index contributed by atoms with van der Waals surface area (Å²) in [6.07, 6.45) is -5.39. The number of aromatic nitrogens is 1. The number of nitrogens with zero attached hydrogens (tertiary/aromatic N) is 1. The van der Waals surface area contributed by atoms with E-state index in [-0.39, 0.29) is 17.5 Å². The molecular formula is C14H15F5N2O5S2. The molecule has 0 saturated heterocycles. The van der Waals surface area contributed by atoms with Crippen LogP contribution in [0.5, 0.6) is 0 Å². The van der Waals surface area contributed by atoms with Crippen molar-refractivity contribution in [1.82, 2.24) is 10.3 Å². The summed E-state index contributed by atoms with van der Waals surface area (Å²) in [5.74, 6) is -2.97. The van der Waals surface area contributed by atoms with Gasteiger partial charge >= 0.3 is 18.1 Å². The number of carboxylic acid groups (broad SMARTS) is 2. The fraction of sp³-hybridized carbons (Fsp3) is 0.429. The summed E-state index contributed by atoms with van der Waals surface area (Å²) < 4.78 is 56.7. The van der Waals surface area contributed by atoms with Gasteiger partial charge in [0, 0.05) is 36.0 Å². The maximum atomic E-state index is 12.5. The van der Waals surface area contributed by atoms with E-state index in [0.717, 1.165) is 12.3 Å². The zero-order valence-corrected chi connectivity index (χ0v) is 15.5. The maximum absolute atomic E-state index is 12.5. The van der Waals surface area contributed by atoms with E-state index >= 15 is 0 Å². The number of rotatable bonds is 9. The van der Waals surface area contributed by atoms with E-state index in [2.05, 4.69) is 10.3 Å². The quantitative estimate of drug-likeness (QED) is 0.298. The average molecular weight is 450 g/mol. The molecule has 28 heavy (non-hydrogen) atoms. The van der Waals surface area contributed by atoms with Crippen molar-refractivity contribution in [2.24, 2.45) is 0 Å². The molecule has 0 spiro atoms. The zero-order valence-electron chi connectivity index (χ0n) is 13.9. The number of nitrogens with one attached hydrogen (secondary N) is 1. The van der Waals surface area contributed by atoms with Gasteiger partial charge in [-0.2, -0.15) is 13.2 Å². The second-order valence-electron chi connectivity index (χ2n) is 4.65. The minimum absolute atomic E-state index is 0.0934. The highest BCUT2D eigenvalue weighted by Crippen LogP contribution is 2.21. The Morgan fingerprint density at radius 1 is 1.11 bits per heavy atom. The second kappa shape index (κ2) is 13.1. The van der Waals surface area contributed by atoms with Crippen molar-refractivity contribution in [3.8, 4) is 0 Å². The number of alkyl halides is 5. The molecule has 0 saturated carbocycles. The molecule has 0 aliphatic rings. The van der Waals surface area contributed by atoms with Gasteiger partial charge in [0.1, 0.15) is 0 Å². The highest BCUT2D eigenvalue weighted by Gasteiger charge is 2.38. The van der Waals surface area contributed by atoms with Crippen molar-refractivity contribution < 1.29 is 46.5 Å². The molecule has 0 atom stereocenters. The molecule has 158 valence electrons. The number of hydrogen-bond donors (Lipinski definition) is 3. The Labute approximate surface area is 163 Å². The molecule has 7 nitrogen and oxygen atoms in total. The molecular weight excluding hydrogens is 435 g/mol. The average Bonchev–Trinajstić information content (AvgIpc) is 2.60. The normalized spacial score (nSPS) is 10.8. The summed E-state index contributed by atoms with van der Waals surface area (Å²) >= 11 is 0. The SMILES string of the molecule is O=C(O)C(F)(F)F.O=C(O)CCSSCCNC(=O)c1cncc(C(F)F)c1. The minimum atomic E-state index is -5.08. The van der Waals surface area contributed by atoms with Gasteiger partial charge in [0.2, 0.25) is 0 Å². The number of halogens is 5. The summed E-state index contributed by atoms with van der Waals surface area (Å²) in [7, 11) is 2.85. The molecule has 3 N–H and O–H groups in total. The fourth-order valence-corrected chi connectivity index (χ4v) is 3.14. The molecule has 14 heteroatoms. The molecule has 0 aliphatic heterocycles. The molecule has 0 aliphatic carbocycles. The van der Waals surface area contributed by atoms with E-state index in [1.807, 2.05) is 0 Å². The van der Waals surface area contributed by atoms with Gasteiger partial charge < -0.3 is 15.5 Å². The van der Waals surface area contributed by atoms with E-state index in [4.69, 9.17) is 15.0 Å². The van der Waals surface area contributed by atoms with Crippen molar-refractivity contribution in [2.75, 3.05) is 18.1 Å². The molecule has 0 bridgehead atoms. The van der Waals surface area contributed by atoms with Gasteiger partial charge in [-0.1, -0.05) is 21.6 Å².